The van der Waals surface area contributed by atoms with Crippen LogP contribution in [0, 0.1) is 0 Å². The monoisotopic (exact) mass is 443 g/mol. The van der Waals surface area contributed by atoms with E-state index >= 15 is 0 Å². The van der Waals surface area contributed by atoms with Gasteiger partial charge in [-0.25, -0.2) is 4.79 Å². The molecule has 0 aliphatic rings. The Morgan fingerprint density at radius 2 is 1.21 bits per heavy atom. The zero-order valence-electron chi connectivity index (χ0n) is 19.0. The van der Waals surface area contributed by atoms with E-state index in [1.165, 1.54) is 7.11 Å². The third-order valence-electron chi connectivity index (χ3n) is 5.86. The van der Waals surface area contributed by atoms with E-state index in [2.05, 4.69) is 5.32 Å². The number of esters is 1. The fourth-order valence-electron chi connectivity index (χ4n) is 4.10. The number of methoxy groups -OCH3 is 1. The number of amides is 1. The minimum atomic E-state index is -1.20. The Bertz CT molecular complexity index is 968. The Morgan fingerprint density at radius 1 is 0.788 bits per heavy atom. The van der Waals surface area contributed by atoms with Crippen LogP contribution in [0.2, 0.25) is 0 Å². The van der Waals surface area contributed by atoms with E-state index in [9.17, 15) is 14.4 Å². The van der Waals surface area contributed by atoms with Crippen molar-refractivity contribution in [2.24, 2.45) is 0 Å². The third kappa shape index (κ3) is 5.20. The molecule has 0 aliphatic heterocycles. The lowest BCUT2D eigenvalue weighted by Gasteiger charge is -2.35. The van der Waals surface area contributed by atoms with Crippen molar-refractivity contribution in [1.82, 2.24) is 5.32 Å². The summed E-state index contributed by atoms with van der Waals surface area (Å²) in [5.41, 5.74) is 1.11. The molecule has 1 atom stereocenters. The lowest BCUT2D eigenvalue weighted by molar-refractivity contribution is -0.145. The SMILES string of the molecule is CCC(=O)CC[C@H](NC(=O)C(c1ccccc1)(c1ccccc1)c1ccccc1)C(=O)OC. The van der Waals surface area contributed by atoms with Crippen molar-refractivity contribution in [3.63, 3.8) is 0 Å². The van der Waals surface area contributed by atoms with E-state index in [1.54, 1.807) is 6.92 Å². The Balaban J connectivity index is 2.15. The van der Waals surface area contributed by atoms with Crippen LogP contribution >= 0.6 is 0 Å². The Hall–Kier alpha value is -3.73. The second-order valence-electron chi connectivity index (χ2n) is 7.83. The van der Waals surface area contributed by atoms with Gasteiger partial charge in [-0.15, -0.1) is 0 Å². The molecule has 5 nitrogen and oxygen atoms in total. The van der Waals surface area contributed by atoms with Gasteiger partial charge in [-0.1, -0.05) is 97.9 Å². The second kappa shape index (κ2) is 11.2. The highest BCUT2D eigenvalue weighted by atomic mass is 16.5. The number of ether oxygens (including phenoxy) is 1. The smallest absolute Gasteiger partial charge is 0.328 e. The molecule has 0 spiro atoms. The summed E-state index contributed by atoms with van der Waals surface area (Å²) in [7, 11) is 1.28. The maximum absolute atomic E-state index is 14.2. The first-order chi connectivity index (χ1) is 16.0. The van der Waals surface area contributed by atoms with Gasteiger partial charge in [0.2, 0.25) is 5.91 Å². The quantitative estimate of drug-likeness (QED) is 0.371. The highest BCUT2D eigenvalue weighted by Gasteiger charge is 2.45. The molecule has 3 aromatic carbocycles. The standard InChI is InChI=1S/C28H29NO4/c1-3-24(30)19-20-25(26(31)33-2)29-27(32)28(21-13-7-4-8-14-21,22-15-9-5-10-16-22)23-17-11-6-12-18-23/h4-18,25H,3,19-20H2,1-2H3,(H,29,32)/t25-/m0/s1. The summed E-state index contributed by atoms with van der Waals surface area (Å²) in [6.07, 6.45) is 0.745. The van der Waals surface area contributed by atoms with Crippen LogP contribution in [-0.4, -0.2) is 30.8 Å². The van der Waals surface area contributed by atoms with Crippen LogP contribution in [0.25, 0.3) is 0 Å². The van der Waals surface area contributed by atoms with Gasteiger partial charge in [0, 0.05) is 12.8 Å². The molecule has 33 heavy (non-hydrogen) atoms. The summed E-state index contributed by atoms with van der Waals surface area (Å²) < 4.78 is 4.94. The van der Waals surface area contributed by atoms with Crippen LogP contribution in [0.15, 0.2) is 91.0 Å². The number of hydrogen-bond acceptors (Lipinski definition) is 4. The Morgan fingerprint density at radius 3 is 1.58 bits per heavy atom. The van der Waals surface area contributed by atoms with Crippen molar-refractivity contribution in [3.8, 4) is 0 Å². The summed E-state index contributed by atoms with van der Waals surface area (Å²) in [6, 6.07) is 27.6. The number of hydrogen-bond donors (Lipinski definition) is 1. The molecule has 0 aliphatic carbocycles. The minimum Gasteiger partial charge on any atom is -0.467 e. The van der Waals surface area contributed by atoms with Crippen LogP contribution in [-0.2, 0) is 24.5 Å². The van der Waals surface area contributed by atoms with Crippen LogP contribution in [0.3, 0.4) is 0 Å². The lowest BCUT2D eigenvalue weighted by Crippen LogP contribution is -2.52. The summed E-state index contributed by atoms with van der Waals surface area (Å²) in [4.78, 5) is 38.7. The van der Waals surface area contributed by atoms with E-state index < -0.39 is 17.4 Å². The molecule has 0 saturated heterocycles. The van der Waals surface area contributed by atoms with E-state index in [4.69, 9.17) is 4.74 Å². The molecule has 3 rings (SSSR count). The minimum absolute atomic E-state index is 0.0265. The first kappa shape index (κ1) is 23.9. The largest absolute Gasteiger partial charge is 0.467 e. The number of Topliss-reactive ketones (excluding diaryl/α,β-unsaturated/α-hetero) is 1. The molecular formula is C28H29NO4. The fraction of sp³-hybridized carbons (Fsp3) is 0.250. The maximum Gasteiger partial charge on any atom is 0.328 e. The van der Waals surface area contributed by atoms with E-state index in [1.807, 2.05) is 91.0 Å². The lowest BCUT2D eigenvalue weighted by atomic mass is 9.68. The van der Waals surface area contributed by atoms with E-state index in [0.29, 0.717) is 6.42 Å². The van der Waals surface area contributed by atoms with Gasteiger partial charge in [-0.3, -0.25) is 9.59 Å². The fourth-order valence-corrected chi connectivity index (χ4v) is 4.10. The molecule has 0 radical (unpaired) electrons. The summed E-state index contributed by atoms with van der Waals surface area (Å²) in [6.45, 7) is 1.78. The Kier molecular flexibility index (Phi) is 8.14. The first-order valence-corrected chi connectivity index (χ1v) is 11.1. The predicted octanol–water partition coefficient (Wildman–Crippen LogP) is 4.44. The van der Waals surface area contributed by atoms with Gasteiger partial charge in [0.15, 0.2) is 0 Å². The van der Waals surface area contributed by atoms with Gasteiger partial charge in [0.05, 0.1) is 7.11 Å². The zero-order chi connectivity index (χ0) is 23.7. The Labute approximate surface area is 194 Å². The highest BCUT2D eigenvalue weighted by Crippen LogP contribution is 2.39. The molecule has 3 aromatic rings. The average Bonchev–Trinajstić information content (AvgIpc) is 2.88. The molecule has 1 amide bonds. The second-order valence-corrected chi connectivity index (χ2v) is 7.83. The van der Waals surface area contributed by atoms with E-state index in [-0.39, 0.29) is 24.5 Å². The molecule has 0 fully saturated rings. The van der Waals surface area contributed by atoms with Gasteiger partial charge in [-0.05, 0) is 23.1 Å². The number of nitrogens with one attached hydrogen (secondary N) is 1. The average molecular weight is 444 g/mol. The highest BCUT2D eigenvalue weighted by molar-refractivity contribution is 5.98. The summed E-state index contributed by atoms with van der Waals surface area (Å²) >= 11 is 0. The summed E-state index contributed by atoms with van der Waals surface area (Å²) in [5, 5.41) is 2.92. The topological polar surface area (TPSA) is 72.5 Å². The molecule has 170 valence electrons. The van der Waals surface area contributed by atoms with Gasteiger partial charge < -0.3 is 10.1 Å². The molecule has 0 bridgehead atoms. The molecule has 5 heteroatoms. The molecule has 0 aromatic heterocycles. The zero-order valence-corrected chi connectivity index (χ0v) is 19.0. The maximum atomic E-state index is 14.2. The number of carbonyl (C=O) groups is 3. The van der Waals surface area contributed by atoms with Gasteiger partial charge in [0.1, 0.15) is 17.2 Å². The van der Waals surface area contributed by atoms with Crippen LogP contribution in [0.1, 0.15) is 42.9 Å². The number of rotatable bonds is 10. The van der Waals surface area contributed by atoms with Crippen molar-refractivity contribution in [2.75, 3.05) is 7.11 Å². The summed E-state index contributed by atoms with van der Waals surface area (Å²) in [5.74, 6) is -0.903. The van der Waals surface area contributed by atoms with Crippen molar-refractivity contribution in [1.29, 1.82) is 0 Å². The first-order valence-electron chi connectivity index (χ1n) is 11.1. The van der Waals surface area contributed by atoms with Crippen LogP contribution in [0.4, 0.5) is 0 Å². The van der Waals surface area contributed by atoms with Crippen LogP contribution in [0.5, 0.6) is 0 Å². The van der Waals surface area contributed by atoms with Crippen molar-refractivity contribution in [2.45, 2.75) is 37.6 Å². The van der Waals surface area contributed by atoms with Crippen molar-refractivity contribution in [3.05, 3.63) is 108 Å². The molecule has 0 saturated carbocycles. The van der Waals surface area contributed by atoms with Crippen molar-refractivity contribution < 1.29 is 19.1 Å². The van der Waals surface area contributed by atoms with E-state index in [0.717, 1.165) is 16.7 Å². The third-order valence-corrected chi connectivity index (χ3v) is 5.86. The van der Waals surface area contributed by atoms with Gasteiger partial charge >= 0.3 is 5.97 Å². The number of ketones is 1. The molecular weight excluding hydrogens is 414 g/mol. The molecule has 0 heterocycles. The normalized spacial score (nSPS) is 11.9. The number of benzene rings is 3. The van der Waals surface area contributed by atoms with Crippen LogP contribution < -0.4 is 5.32 Å². The van der Waals surface area contributed by atoms with Crippen molar-refractivity contribution >= 4 is 17.7 Å². The number of carbonyl (C=O) groups excluding carboxylic acids is 3. The van der Waals surface area contributed by atoms with Gasteiger partial charge in [0.25, 0.3) is 0 Å². The molecule has 0 unspecified atom stereocenters. The predicted molar refractivity (Wildman–Crippen MR) is 128 cm³/mol. The molecule has 1 N–H and O–H groups in total. The van der Waals surface area contributed by atoms with Gasteiger partial charge in [-0.2, -0.15) is 0 Å².